The first-order valence-electron chi connectivity index (χ1n) is 10.1. The van der Waals surface area contributed by atoms with E-state index in [0.29, 0.717) is 37.7 Å². The number of hydrogen-bond donors (Lipinski definition) is 0. The topological polar surface area (TPSA) is 67.8 Å². The molecule has 2 atom stereocenters. The highest BCUT2D eigenvalue weighted by Crippen LogP contribution is 2.36. The van der Waals surface area contributed by atoms with Gasteiger partial charge in [0.15, 0.2) is 0 Å². The molecule has 1 amide bonds. The number of nitrogens with zero attached hydrogens (tertiary/aromatic N) is 6. The third kappa shape index (κ3) is 2.90. The number of fused-ring (bicyclic) bond motifs is 5. The first-order valence-corrected chi connectivity index (χ1v) is 10.1. The Labute approximate surface area is 168 Å². The molecule has 3 aromatic rings. The summed E-state index contributed by atoms with van der Waals surface area (Å²) in [7, 11) is 5.87. The number of carbonyl (C=O) groups excluding carboxylic acids is 1. The quantitative estimate of drug-likeness (QED) is 0.669. The van der Waals surface area contributed by atoms with Gasteiger partial charge >= 0.3 is 0 Å². The summed E-state index contributed by atoms with van der Waals surface area (Å²) in [6, 6.07) is 4.05. The Morgan fingerprint density at radius 3 is 2.83 bits per heavy atom. The Bertz CT molecular complexity index is 1150. The van der Waals surface area contributed by atoms with Crippen LogP contribution in [0.1, 0.15) is 34.0 Å². The van der Waals surface area contributed by atoms with Gasteiger partial charge in [0, 0.05) is 62.8 Å². The first kappa shape index (κ1) is 18.2. The van der Waals surface area contributed by atoms with Crippen molar-refractivity contribution in [3.05, 3.63) is 57.9 Å². The minimum atomic E-state index is 0.0246. The van der Waals surface area contributed by atoms with E-state index in [-0.39, 0.29) is 17.4 Å². The highest BCUT2D eigenvalue weighted by Gasteiger charge is 2.37. The maximum absolute atomic E-state index is 13.3. The van der Waals surface area contributed by atoms with E-state index in [9.17, 15) is 9.59 Å². The number of imidazole rings is 1. The van der Waals surface area contributed by atoms with Gasteiger partial charge in [-0.05, 0) is 32.5 Å². The second-order valence-corrected chi connectivity index (χ2v) is 8.68. The molecule has 8 nitrogen and oxygen atoms in total. The number of pyridine rings is 1. The summed E-state index contributed by atoms with van der Waals surface area (Å²) >= 11 is 0. The Hall–Kier alpha value is -2.87. The van der Waals surface area contributed by atoms with Crippen molar-refractivity contribution in [2.24, 2.45) is 13.0 Å². The zero-order valence-corrected chi connectivity index (χ0v) is 17.1. The van der Waals surface area contributed by atoms with Crippen molar-refractivity contribution < 1.29 is 4.79 Å². The molecule has 1 fully saturated rings. The zero-order valence-electron chi connectivity index (χ0n) is 17.1. The highest BCUT2D eigenvalue weighted by molar-refractivity contribution is 6.00. The summed E-state index contributed by atoms with van der Waals surface area (Å²) in [5.74, 6) is 0.528. The molecule has 2 aliphatic rings. The largest absolute Gasteiger partial charge is 0.337 e. The lowest BCUT2D eigenvalue weighted by Gasteiger charge is -2.42. The van der Waals surface area contributed by atoms with Gasteiger partial charge in [0.25, 0.3) is 11.5 Å². The predicted molar refractivity (Wildman–Crippen MR) is 109 cm³/mol. The molecule has 0 saturated carbocycles. The molecular formula is C21H26N6O2. The van der Waals surface area contributed by atoms with Crippen LogP contribution >= 0.6 is 0 Å². The molecule has 0 N–H and O–H groups in total. The number of likely N-dealkylation sites (tertiary alicyclic amines) is 1. The van der Waals surface area contributed by atoms with Gasteiger partial charge in [-0.2, -0.15) is 5.10 Å². The average Bonchev–Trinajstić information content (AvgIpc) is 3.26. The van der Waals surface area contributed by atoms with Crippen molar-refractivity contribution in [1.29, 1.82) is 0 Å². The van der Waals surface area contributed by atoms with Crippen LogP contribution < -0.4 is 5.56 Å². The Balaban J connectivity index is 1.45. The molecule has 1 saturated heterocycles. The normalized spacial score (nSPS) is 21.0. The van der Waals surface area contributed by atoms with Crippen LogP contribution in [0.2, 0.25) is 0 Å². The third-order valence-corrected chi connectivity index (χ3v) is 6.22. The van der Waals surface area contributed by atoms with E-state index in [2.05, 4.69) is 11.2 Å². The van der Waals surface area contributed by atoms with Crippen molar-refractivity contribution in [1.82, 2.24) is 28.5 Å². The zero-order chi connectivity index (χ0) is 20.3. The Kier molecular flexibility index (Phi) is 4.13. The van der Waals surface area contributed by atoms with E-state index in [1.807, 2.05) is 58.5 Å². The summed E-state index contributed by atoms with van der Waals surface area (Å²) in [5.41, 5.74) is 3.46. The minimum Gasteiger partial charge on any atom is -0.337 e. The SMILES string of the molecule is CN(C)Cc1ccc2n(c1=O)C[C@H]1C[C@@H]2CN(C(=O)c2cnn3ccn(C)c23)C1. The van der Waals surface area contributed by atoms with E-state index >= 15 is 0 Å². The van der Waals surface area contributed by atoms with E-state index in [1.165, 1.54) is 0 Å². The van der Waals surface area contributed by atoms with Crippen molar-refractivity contribution in [3.63, 3.8) is 0 Å². The summed E-state index contributed by atoms with van der Waals surface area (Å²) in [6.07, 6.45) is 6.45. The summed E-state index contributed by atoms with van der Waals surface area (Å²) in [4.78, 5) is 30.2. The van der Waals surface area contributed by atoms with Gasteiger partial charge < -0.3 is 18.9 Å². The first-order chi connectivity index (χ1) is 13.9. The minimum absolute atomic E-state index is 0.0246. The van der Waals surface area contributed by atoms with Crippen LogP contribution in [0, 0.1) is 5.92 Å². The molecular weight excluding hydrogens is 368 g/mol. The molecule has 29 heavy (non-hydrogen) atoms. The van der Waals surface area contributed by atoms with Crippen molar-refractivity contribution in [2.75, 3.05) is 27.2 Å². The van der Waals surface area contributed by atoms with Crippen LogP contribution in [0.15, 0.2) is 35.5 Å². The molecule has 0 radical (unpaired) electrons. The monoisotopic (exact) mass is 394 g/mol. The lowest BCUT2D eigenvalue weighted by molar-refractivity contribution is 0.0595. The highest BCUT2D eigenvalue weighted by atomic mass is 16.2. The molecule has 152 valence electrons. The van der Waals surface area contributed by atoms with Crippen LogP contribution in [0.5, 0.6) is 0 Å². The predicted octanol–water partition coefficient (Wildman–Crippen LogP) is 1.16. The number of aromatic nitrogens is 4. The number of carbonyl (C=O) groups is 1. The van der Waals surface area contributed by atoms with Gasteiger partial charge in [-0.3, -0.25) is 9.59 Å². The molecule has 2 aliphatic heterocycles. The van der Waals surface area contributed by atoms with E-state index < -0.39 is 0 Å². The van der Waals surface area contributed by atoms with E-state index in [4.69, 9.17) is 0 Å². The van der Waals surface area contributed by atoms with Crippen molar-refractivity contribution in [3.8, 4) is 0 Å². The van der Waals surface area contributed by atoms with Gasteiger partial charge in [-0.25, -0.2) is 4.52 Å². The molecule has 0 spiro atoms. The fourth-order valence-electron chi connectivity index (χ4n) is 4.99. The van der Waals surface area contributed by atoms with Crippen LogP contribution in [0.4, 0.5) is 0 Å². The van der Waals surface area contributed by atoms with Crippen LogP contribution in [0.25, 0.3) is 5.65 Å². The number of hydrogen-bond acceptors (Lipinski definition) is 4. The van der Waals surface area contributed by atoms with E-state index in [0.717, 1.165) is 23.3 Å². The third-order valence-electron chi connectivity index (χ3n) is 6.22. The number of rotatable bonds is 3. The lowest BCUT2D eigenvalue weighted by atomic mass is 9.82. The Morgan fingerprint density at radius 2 is 2.03 bits per heavy atom. The van der Waals surface area contributed by atoms with Crippen LogP contribution in [0.3, 0.4) is 0 Å². The van der Waals surface area contributed by atoms with E-state index in [1.54, 1.807) is 10.7 Å². The molecule has 5 heterocycles. The molecule has 0 unspecified atom stereocenters. The summed E-state index contributed by atoms with van der Waals surface area (Å²) < 4.78 is 5.61. The molecule has 2 bridgehead atoms. The molecule has 0 aliphatic carbocycles. The maximum Gasteiger partial charge on any atom is 0.259 e. The van der Waals surface area contributed by atoms with Gasteiger partial charge in [0.2, 0.25) is 0 Å². The molecule has 3 aromatic heterocycles. The smallest absolute Gasteiger partial charge is 0.259 e. The number of aryl methyl sites for hydroxylation is 1. The van der Waals surface area contributed by atoms with Crippen LogP contribution in [-0.2, 0) is 20.1 Å². The fourth-order valence-corrected chi connectivity index (χ4v) is 4.99. The van der Waals surface area contributed by atoms with Gasteiger partial charge in [-0.1, -0.05) is 6.07 Å². The standard InChI is InChI=1S/C21H26N6O2/c1-23(2)12-15-4-5-18-16-8-14(11-26(18)20(15)28)10-25(13-16)21(29)17-9-22-27-7-6-24(3)19(17)27/h4-7,9,14,16H,8,10-13H2,1-3H3/t14-,16+/m0/s1. The van der Waals surface area contributed by atoms with Gasteiger partial charge in [0.1, 0.15) is 11.2 Å². The Morgan fingerprint density at radius 1 is 1.21 bits per heavy atom. The molecule has 0 aromatic carbocycles. The summed E-state index contributed by atoms with van der Waals surface area (Å²) in [5, 5.41) is 4.31. The van der Waals surface area contributed by atoms with Crippen molar-refractivity contribution in [2.45, 2.75) is 25.4 Å². The fraction of sp³-hybridized carbons (Fsp3) is 0.476. The van der Waals surface area contributed by atoms with Gasteiger partial charge in [0.05, 0.1) is 6.20 Å². The second kappa shape index (κ2) is 6.59. The molecule has 5 rings (SSSR count). The lowest BCUT2D eigenvalue weighted by Crippen LogP contribution is -2.49. The van der Waals surface area contributed by atoms with Crippen molar-refractivity contribution >= 4 is 11.6 Å². The maximum atomic E-state index is 13.3. The number of piperidine rings is 1. The second-order valence-electron chi connectivity index (χ2n) is 8.68. The van der Waals surface area contributed by atoms with Gasteiger partial charge in [-0.15, -0.1) is 0 Å². The number of amides is 1. The molecule has 8 heteroatoms. The van der Waals surface area contributed by atoms with Crippen LogP contribution in [-0.4, -0.2) is 61.6 Å². The average molecular weight is 394 g/mol. The summed E-state index contributed by atoms with van der Waals surface area (Å²) in [6.45, 7) is 2.65.